The first-order valence-electron chi connectivity index (χ1n) is 3.44. The maximum Gasteiger partial charge on any atom is 0 e. The fourth-order valence-electron chi connectivity index (χ4n) is 0.957. The van der Waals surface area contributed by atoms with E-state index < -0.39 is 0 Å². The van der Waals surface area contributed by atoms with Crippen LogP contribution in [-0.2, 0) is 39.1 Å². The number of hydrogen-bond acceptors (Lipinski definition) is 1. The van der Waals surface area contributed by atoms with Gasteiger partial charge in [-0.25, -0.2) is 0 Å². The van der Waals surface area contributed by atoms with E-state index in [1.54, 1.807) is 0 Å². The van der Waals surface area contributed by atoms with Crippen molar-refractivity contribution in [3.8, 4) is 0 Å². The van der Waals surface area contributed by atoms with E-state index in [1.165, 1.54) is 5.56 Å². The quantitative estimate of drug-likeness (QED) is 0.753. The van der Waals surface area contributed by atoms with Crippen molar-refractivity contribution in [3.63, 3.8) is 0 Å². The van der Waals surface area contributed by atoms with Gasteiger partial charge in [-0.05, 0) is 6.54 Å². The molecule has 0 heterocycles. The Kier molecular flexibility index (Phi) is 5.84. The first-order valence-corrected chi connectivity index (χ1v) is 3.44. The van der Waals surface area contributed by atoms with Gasteiger partial charge in [-0.3, -0.25) is 0 Å². The third kappa shape index (κ3) is 3.37. The third-order valence-corrected chi connectivity index (χ3v) is 1.53. The molecule has 0 amide bonds. The van der Waals surface area contributed by atoms with Crippen LogP contribution in [0.5, 0.6) is 0 Å². The third-order valence-electron chi connectivity index (χ3n) is 1.53. The molecule has 2 heteroatoms. The molecule has 1 aromatic rings. The van der Waals surface area contributed by atoms with E-state index in [0.717, 1.165) is 12.0 Å². The Bertz CT molecular complexity index is 210. The van der Waals surface area contributed by atoms with Crippen molar-refractivity contribution in [3.05, 3.63) is 42.3 Å². The van der Waals surface area contributed by atoms with Gasteiger partial charge in [-0.2, -0.15) is 18.6 Å². The van der Waals surface area contributed by atoms with Gasteiger partial charge < -0.3 is 5.73 Å². The van der Waals surface area contributed by atoms with Crippen LogP contribution in [0.25, 0.3) is 0 Å². The fourth-order valence-corrected chi connectivity index (χ4v) is 0.957. The van der Waals surface area contributed by atoms with E-state index in [9.17, 15) is 0 Å². The molecule has 1 aromatic carbocycles. The molecular formula is C9H12NY-. The van der Waals surface area contributed by atoms with Gasteiger partial charge in [0.05, 0.1) is 0 Å². The topological polar surface area (TPSA) is 26.0 Å². The van der Waals surface area contributed by atoms with Crippen LogP contribution in [0.3, 0.4) is 0 Å². The predicted octanol–water partition coefficient (Wildman–Crippen LogP) is 1.37. The standard InChI is InChI=1S/C9H12N.Y/c1-8-4-2-3-5-9(8)6-7-10;/h2-5H,1,6-7,10H2;/q-1;. The maximum absolute atomic E-state index is 5.40. The Balaban J connectivity index is 0.000001000. The monoisotopic (exact) mass is 223 g/mol. The van der Waals surface area contributed by atoms with Gasteiger partial charge in [0.2, 0.25) is 0 Å². The van der Waals surface area contributed by atoms with Crippen LogP contribution < -0.4 is 5.73 Å². The summed E-state index contributed by atoms with van der Waals surface area (Å²) in [5.74, 6) is 0. The summed E-state index contributed by atoms with van der Waals surface area (Å²) in [5, 5.41) is 0. The molecule has 0 saturated heterocycles. The maximum atomic E-state index is 5.40. The van der Waals surface area contributed by atoms with E-state index in [1.807, 2.05) is 18.2 Å². The minimum Gasteiger partial charge on any atom is -0.331 e. The van der Waals surface area contributed by atoms with Gasteiger partial charge in [0, 0.05) is 32.7 Å². The summed E-state index contributed by atoms with van der Waals surface area (Å²) < 4.78 is 0. The zero-order valence-corrected chi connectivity index (χ0v) is 9.42. The molecule has 0 unspecified atom stereocenters. The van der Waals surface area contributed by atoms with Crippen LogP contribution in [0.2, 0.25) is 0 Å². The van der Waals surface area contributed by atoms with Crippen molar-refractivity contribution in [1.82, 2.24) is 0 Å². The van der Waals surface area contributed by atoms with Crippen molar-refractivity contribution in [2.45, 2.75) is 6.42 Å². The average Bonchev–Trinajstić information content (AvgIpc) is 1.94. The van der Waals surface area contributed by atoms with Crippen molar-refractivity contribution in [2.24, 2.45) is 5.73 Å². The minimum atomic E-state index is 0. The van der Waals surface area contributed by atoms with E-state index in [0.29, 0.717) is 6.54 Å². The molecule has 1 rings (SSSR count). The molecule has 1 nitrogen and oxygen atoms in total. The van der Waals surface area contributed by atoms with Crippen LogP contribution in [0, 0.1) is 6.92 Å². The smallest absolute Gasteiger partial charge is 0 e. The molecule has 0 aliphatic carbocycles. The van der Waals surface area contributed by atoms with Gasteiger partial charge in [0.25, 0.3) is 0 Å². The van der Waals surface area contributed by atoms with Crippen LogP contribution in [-0.4, -0.2) is 6.54 Å². The first kappa shape index (κ1) is 11.2. The predicted molar refractivity (Wildman–Crippen MR) is 43.7 cm³/mol. The van der Waals surface area contributed by atoms with Crippen molar-refractivity contribution in [2.75, 3.05) is 6.54 Å². The number of benzene rings is 1. The molecule has 0 aliphatic heterocycles. The molecule has 2 N–H and O–H groups in total. The number of rotatable bonds is 2. The Hall–Kier alpha value is 0.154. The average molecular weight is 223 g/mol. The Morgan fingerprint density at radius 3 is 2.45 bits per heavy atom. The zero-order chi connectivity index (χ0) is 7.40. The van der Waals surface area contributed by atoms with Crippen LogP contribution in [0.15, 0.2) is 24.3 Å². The van der Waals surface area contributed by atoms with Crippen molar-refractivity contribution >= 4 is 0 Å². The van der Waals surface area contributed by atoms with Gasteiger partial charge >= 0.3 is 0 Å². The summed E-state index contributed by atoms with van der Waals surface area (Å²) in [7, 11) is 0. The SMILES string of the molecule is [CH2-]c1ccccc1CCN.[Y]. The second-order valence-corrected chi connectivity index (χ2v) is 2.31. The molecular weight excluding hydrogens is 211 g/mol. The van der Waals surface area contributed by atoms with Crippen molar-refractivity contribution in [1.29, 1.82) is 0 Å². The summed E-state index contributed by atoms with van der Waals surface area (Å²) >= 11 is 0. The Morgan fingerprint density at radius 2 is 1.91 bits per heavy atom. The van der Waals surface area contributed by atoms with E-state index in [2.05, 4.69) is 13.0 Å². The summed E-state index contributed by atoms with van der Waals surface area (Å²) in [5.41, 5.74) is 7.75. The van der Waals surface area contributed by atoms with E-state index in [4.69, 9.17) is 5.73 Å². The minimum absolute atomic E-state index is 0. The summed E-state index contributed by atoms with van der Waals surface area (Å²) in [6, 6.07) is 8.07. The molecule has 0 fully saturated rings. The molecule has 11 heavy (non-hydrogen) atoms. The Morgan fingerprint density at radius 1 is 1.27 bits per heavy atom. The van der Waals surface area contributed by atoms with Crippen LogP contribution in [0.4, 0.5) is 0 Å². The van der Waals surface area contributed by atoms with E-state index >= 15 is 0 Å². The molecule has 57 valence electrons. The molecule has 0 aromatic heterocycles. The van der Waals surface area contributed by atoms with Gasteiger partial charge in [0.15, 0.2) is 0 Å². The second-order valence-electron chi connectivity index (χ2n) is 2.31. The second kappa shape index (κ2) is 5.76. The molecule has 0 aliphatic rings. The molecule has 0 bridgehead atoms. The number of hydrogen-bond donors (Lipinski definition) is 1. The largest absolute Gasteiger partial charge is 0.331 e. The molecule has 0 atom stereocenters. The number of nitrogens with two attached hydrogens (primary N) is 1. The van der Waals surface area contributed by atoms with Gasteiger partial charge in [-0.1, -0.05) is 12.5 Å². The first-order chi connectivity index (χ1) is 4.84. The van der Waals surface area contributed by atoms with E-state index in [-0.39, 0.29) is 32.7 Å². The summed E-state index contributed by atoms with van der Waals surface area (Å²) in [4.78, 5) is 0. The van der Waals surface area contributed by atoms with Crippen molar-refractivity contribution < 1.29 is 32.7 Å². The summed E-state index contributed by atoms with van der Waals surface area (Å²) in [6.45, 7) is 4.58. The fraction of sp³-hybridized carbons (Fsp3) is 0.222. The molecule has 1 radical (unpaired) electrons. The molecule has 0 spiro atoms. The van der Waals surface area contributed by atoms with Crippen LogP contribution >= 0.6 is 0 Å². The van der Waals surface area contributed by atoms with Gasteiger partial charge in [-0.15, -0.1) is 17.7 Å². The van der Waals surface area contributed by atoms with Gasteiger partial charge in [0.1, 0.15) is 0 Å². The summed E-state index contributed by atoms with van der Waals surface area (Å²) in [6.07, 6.45) is 0.930. The Labute approximate surface area is 93.2 Å². The normalized spacial score (nSPS) is 8.82. The zero-order valence-electron chi connectivity index (χ0n) is 6.59. The molecule has 0 saturated carbocycles. The van der Waals surface area contributed by atoms with Crippen LogP contribution in [0.1, 0.15) is 11.1 Å².